The molecule has 136 valence electrons. The van der Waals surface area contributed by atoms with Gasteiger partial charge in [0.05, 0.1) is 12.6 Å². The quantitative estimate of drug-likeness (QED) is 0.751. The van der Waals surface area contributed by atoms with Crippen molar-refractivity contribution in [3.8, 4) is 0 Å². The van der Waals surface area contributed by atoms with E-state index in [0.717, 1.165) is 49.2 Å². The number of carbonyl (C=O) groups is 2. The number of rotatable bonds is 6. The zero-order valence-electron chi connectivity index (χ0n) is 14.5. The molecule has 7 heteroatoms. The Morgan fingerprint density at radius 1 is 1.24 bits per heavy atom. The molecule has 1 saturated heterocycles. The Morgan fingerprint density at radius 3 is 2.60 bits per heavy atom. The van der Waals surface area contributed by atoms with Crippen molar-refractivity contribution < 1.29 is 9.59 Å². The van der Waals surface area contributed by atoms with Crippen LogP contribution in [0.4, 0.5) is 5.69 Å². The first-order valence-electron chi connectivity index (χ1n) is 8.83. The van der Waals surface area contributed by atoms with Crippen LogP contribution in [0.2, 0.25) is 0 Å². The fourth-order valence-electron chi connectivity index (χ4n) is 2.99. The van der Waals surface area contributed by atoms with Gasteiger partial charge in [0.2, 0.25) is 11.8 Å². The summed E-state index contributed by atoms with van der Waals surface area (Å²) in [5.41, 5.74) is 0.793. The van der Waals surface area contributed by atoms with Gasteiger partial charge >= 0.3 is 0 Å². The van der Waals surface area contributed by atoms with E-state index in [4.69, 9.17) is 0 Å². The lowest BCUT2D eigenvalue weighted by molar-refractivity contribution is -0.124. The topological polar surface area (TPSA) is 64.7 Å². The van der Waals surface area contributed by atoms with Crippen molar-refractivity contribution in [2.24, 2.45) is 0 Å². The van der Waals surface area contributed by atoms with Gasteiger partial charge < -0.3 is 10.6 Å². The van der Waals surface area contributed by atoms with Crippen LogP contribution in [0.5, 0.6) is 0 Å². The molecule has 1 aliphatic heterocycles. The molecule has 3 rings (SSSR count). The summed E-state index contributed by atoms with van der Waals surface area (Å²) < 4.78 is 0.941. The molecule has 25 heavy (non-hydrogen) atoms. The first-order chi connectivity index (χ1) is 12.0. The van der Waals surface area contributed by atoms with Crippen LogP contribution in [0, 0.1) is 0 Å². The SMILES string of the molecule is C[C@H](C(=O)Nc1cccc(Br)c1)N1CCN(CC(=O)NC2CC2)CC1. The lowest BCUT2D eigenvalue weighted by Crippen LogP contribution is -2.54. The number of benzene rings is 1. The Bertz CT molecular complexity index is 627. The number of piperazine rings is 1. The van der Waals surface area contributed by atoms with Crippen LogP contribution in [-0.4, -0.2) is 66.4 Å². The predicted octanol–water partition coefficient (Wildman–Crippen LogP) is 1.67. The lowest BCUT2D eigenvalue weighted by Gasteiger charge is -2.37. The maximum absolute atomic E-state index is 12.5. The Hall–Kier alpha value is -1.44. The molecule has 0 bridgehead atoms. The summed E-state index contributed by atoms with van der Waals surface area (Å²) in [5.74, 6) is 0.120. The molecular formula is C18H25BrN4O2. The van der Waals surface area contributed by atoms with E-state index in [-0.39, 0.29) is 17.9 Å². The largest absolute Gasteiger partial charge is 0.352 e. The predicted molar refractivity (Wildman–Crippen MR) is 101 cm³/mol. The fourth-order valence-corrected chi connectivity index (χ4v) is 3.39. The molecule has 2 aliphatic rings. The molecule has 0 spiro atoms. The standard InChI is InChI=1S/C18H25BrN4O2/c1-13(18(25)21-16-4-2-3-14(19)11-16)23-9-7-22(8-10-23)12-17(24)20-15-5-6-15/h2-4,11,13,15H,5-10,12H2,1H3,(H,20,24)(H,21,25)/t13-/m1/s1. The molecule has 1 aromatic carbocycles. The van der Waals surface area contributed by atoms with Crippen LogP contribution in [0.1, 0.15) is 19.8 Å². The Kier molecular flexibility index (Phi) is 6.09. The van der Waals surface area contributed by atoms with E-state index < -0.39 is 0 Å². The highest BCUT2D eigenvalue weighted by Crippen LogP contribution is 2.19. The minimum atomic E-state index is -0.193. The summed E-state index contributed by atoms with van der Waals surface area (Å²) in [4.78, 5) is 28.7. The molecule has 2 fully saturated rings. The Balaban J connectivity index is 1.43. The van der Waals surface area contributed by atoms with Crippen molar-refractivity contribution in [1.82, 2.24) is 15.1 Å². The van der Waals surface area contributed by atoms with Crippen molar-refractivity contribution in [1.29, 1.82) is 0 Å². The molecule has 1 aromatic rings. The Labute approximate surface area is 157 Å². The summed E-state index contributed by atoms with van der Waals surface area (Å²) >= 11 is 3.41. The number of halogens is 1. The van der Waals surface area contributed by atoms with Crippen LogP contribution in [0.3, 0.4) is 0 Å². The van der Waals surface area contributed by atoms with Gasteiger partial charge in [0.15, 0.2) is 0 Å². The van der Waals surface area contributed by atoms with E-state index in [1.165, 1.54) is 0 Å². The maximum Gasteiger partial charge on any atom is 0.241 e. The van der Waals surface area contributed by atoms with Crippen molar-refractivity contribution in [2.45, 2.75) is 31.8 Å². The smallest absolute Gasteiger partial charge is 0.241 e. The molecule has 1 atom stereocenters. The van der Waals surface area contributed by atoms with Gasteiger partial charge in [-0.2, -0.15) is 0 Å². The molecule has 0 unspecified atom stereocenters. The van der Waals surface area contributed by atoms with Gasteiger partial charge in [-0.05, 0) is 38.0 Å². The number of hydrogen-bond donors (Lipinski definition) is 2. The van der Waals surface area contributed by atoms with Crippen LogP contribution in [0.25, 0.3) is 0 Å². The lowest BCUT2D eigenvalue weighted by atomic mass is 10.2. The van der Waals surface area contributed by atoms with Gasteiger partial charge in [0.25, 0.3) is 0 Å². The second-order valence-electron chi connectivity index (χ2n) is 6.83. The molecule has 6 nitrogen and oxygen atoms in total. The molecule has 2 amide bonds. The summed E-state index contributed by atoms with van der Waals surface area (Å²) in [6, 6.07) is 7.82. The number of anilines is 1. The highest BCUT2D eigenvalue weighted by atomic mass is 79.9. The zero-order valence-corrected chi connectivity index (χ0v) is 16.1. The summed E-state index contributed by atoms with van der Waals surface area (Å²) in [5, 5.41) is 5.99. The third-order valence-corrected chi connectivity index (χ3v) is 5.23. The van der Waals surface area contributed by atoms with E-state index in [0.29, 0.717) is 12.6 Å². The van der Waals surface area contributed by atoms with Crippen LogP contribution in [-0.2, 0) is 9.59 Å². The number of carbonyl (C=O) groups excluding carboxylic acids is 2. The number of nitrogens with one attached hydrogen (secondary N) is 2. The van der Waals surface area contributed by atoms with Crippen molar-refractivity contribution in [3.63, 3.8) is 0 Å². The summed E-state index contributed by atoms with van der Waals surface area (Å²) in [6.45, 7) is 5.61. The molecule has 1 heterocycles. The van der Waals surface area contributed by atoms with Crippen LogP contribution in [0.15, 0.2) is 28.7 Å². The molecular weight excluding hydrogens is 384 g/mol. The first kappa shape index (κ1) is 18.4. The molecule has 0 radical (unpaired) electrons. The number of nitrogens with zero attached hydrogens (tertiary/aromatic N) is 2. The van der Waals surface area contributed by atoms with Crippen molar-refractivity contribution in [3.05, 3.63) is 28.7 Å². The molecule has 1 aliphatic carbocycles. The van der Waals surface area contributed by atoms with E-state index in [2.05, 4.69) is 36.4 Å². The normalized spacial score (nSPS) is 20.1. The average Bonchev–Trinajstić information content (AvgIpc) is 3.38. The number of hydrogen-bond acceptors (Lipinski definition) is 4. The van der Waals surface area contributed by atoms with E-state index in [9.17, 15) is 9.59 Å². The highest BCUT2D eigenvalue weighted by molar-refractivity contribution is 9.10. The second-order valence-corrected chi connectivity index (χ2v) is 7.75. The van der Waals surface area contributed by atoms with Crippen molar-refractivity contribution in [2.75, 3.05) is 38.0 Å². The van der Waals surface area contributed by atoms with Gasteiger partial charge in [-0.25, -0.2) is 0 Å². The summed E-state index contributed by atoms with van der Waals surface area (Å²) in [6.07, 6.45) is 2.23. The Morgan fingerprint density at radius 2 is 1.96 bits per heavy atom. The highest BCUT2D eigenvalue weighted by Gasteiger charge is 2.28. The van der Waals surface area contributed by atoms with Gasteiger partial charge in [-0.1, -0.05) is 22.0 Å². The van der Waals surface area contributed by atoms with Gasteiger partial charge in [-0.3, -0.25) is 19.4 Å². The van der Waals surface area contributed by atoms with Crippen LogP contribution >= 0.6 is 15.9 Å². The third kappa shape index (κ3) is 5.52. The van der Waals surface area contributed by atoms with E-state index >= 15 is 0 Å². The average molecular weight is 409 g/mol. The van der Waals surface area contributed by atoms with Gasteiger partial charge in [0.1, 0.15) is 0 Å². The minimum absolute atomic E-state index is 0.00183. The first-order valence-corrected chi connectivity index (χ1v) is 9.63. The minimum Gasteiger partial charge on any atom is -0.352 e. The molecule has 1 saturated carbocycles. The van der Waals surface area contributed by atoms with Gasteiger partial charge in [0, 0.05) is 42.4 Å². The summed E-state index contributed by atoms with van der Waals surface area (Å²) in [7, 11) is 0. The van der Waals surface area contributed by atoms with Gasteiger partial charge in [-0.15, -0.1) is 0 Å². The zero-order chi connectivity index (χ0) is 17.8. The van der Waals surface area contributed by atoms with E-state index in [1.54, 1.807) is 0 Å². The third-order valence-electron chi connectivity index (χ3n) is 4.74. The molecule has 0 aromatic heterocycles. The van der Waals surface area contributed by atoms with Crippen molar-refractivity contribution >= 4 is 33.4 Å². The van der Waals surface area contributed by atoms with Crippen LogP contribution < -0.4 is 10.6 Å². The second kappa shape index (κ2) is 8.29. The monoisotopic (exact) mass is 408 g/mol. The van der Waals surface area contributed by atoms with E-state index in [1.807, 2.05) is 31.2 Å². The maximum atomic E-state index is 12.5. The molecule has 2 N–H and O–H groups in total. The number of amides is 2. The fraction of sp³-hybridized carbons (Fsp3) is 0.556.